The zero-order valence-electron chi connectivity index (χ0n) is 7.71. The molecule has 70 valence electrons. The van der Waals surface area contributed by atoms with Crippen LogP contribution in [0.25, 0.3) is 0 Å². The highest BCUT2D eigenvalue weighted by atomic mass is 16.3. The molecule has 2 N–H and O–H groups in total. The molecule has 0 amide bonds. The summed E-state index contributed by atoms with van der Waals surface area (Å²) in [4.78, 5) is 0. The lowest BCUT2D eigenvalue weighted by molar-refractivity contribution is -0.0565. The van der Waals surface area contributed by atoms with Crippen LogP contribution in [-0.2, 0) is 0 Å². The highest BCUT2D eigenvalue weighted by molar-refractivity contribution is 5.13. The summed E-state index contributed by atoms with van der Waals surface area (Å²) in [6.45, 7) is 2.30. The first kappa shape index (κ1) is 8.52. The van der Waals surface area contributed by atoms with Gasteiger partial charge in [0, 0.05) is 5.41 Å². The monoisotopic (exact) mass is 170 g/mol. The summed E-state index contributed by atoms with van der Waals surface area (Å²) in [7, 11) is 0. The van der Waals surface area contributed by atoms with E-state index in [9.17, 15) is 10.2 Å². The highest BCUT2D eigenvalue weighted by Gasteiger charge is 2.63. The SMILES string of the molecule is CC1CC1(CO)C1(O)CCCC1. The van der Waals surface area contributed by atoms with Crippen molar-refractivity contribution in [2.45, 2.75) is 44.6 Å². The topological polar surface area (TPSA) is 40.5 Å². The van der Waals surface area contributed by atoms with E-state index in [1.165, 1.54) is 0 Å². The van der Waals surface area contributed by atoms with E-state index >= 15 is 0 Å². The number of aliphatic hydroxyl groups excluding tert-OH is 1. The first-order valence-electron chi connectivity index (χ1n) is 4.98. The molecular formula is C10H18O2. The van der Waals surface area contributed by atoms with E-state index < -0.39 is 5.60 Å². The number of aliphatic hydroxyl groups is 2. The molecule has 2 nitrogen and oxygen atoms in total. The van der Waals surface area contributed by atoms with Crippen molar-refractivity contribution in [2.24, 2.45) is 11.3 Å². The predicted octanol–water partition coefficient (Wildman–Crippen LogP) is 1.31. The second-order valence-corrected chi connectivity index (χ2v) is 4.66. The summed E-state index contributed by atoms with van der Waals surface area (Å²) in [5.41, 5.74) is -0.648. The molecule has 2 atom stereocenters. The maximum Gasteiger partial charge on any atom is 0.0728 e. The third kappa shape index (κ3) is 0.882. The average molecular weight is 170 g/mol. The molecule has 2 fully saturated rings. The molecule has 2 saturated carbocycles. The Morgan fingerprint density at radius 1 is 1.33 bits per heavy atom. The molecule has 0 radical (unpaired) electrons. The van der Waals surface area contributed by atoms with Gasteiger partial charge in [0.1, 0.15) is 0 Å². The summed E-state index contributed by atoms with van der Waals surface area (Å²) in [6, 6.07) is 0. The second-order valence-electron chi connectivity index (χ2n) is 4.66. The minimum atomic E-state index is -0.527. The summed E-state index contributed by atoms with van der Waals surface area (Å²) in [6.07, 6.45) is 5.08. The van der Waals surface area contributed by atoms with Crippen LogP contribution in [0, 0.1) is 11.3 Å². The van der Waals surface area contributed by atoms with Crippen molar-refractivity contribution < 1.29 is 10.2 Å². The summed E-state index contributed by atoms with van der Waals surface area (Å²) < 4.78 is 0. The van der Waals surface area contributed by atoms with Gasteiger partial charge >= 0.3 is 0 Å². The van der Waals surface area contributed by atoms with Gasteiger partial charge in [0.05, 0.1) is 12.2 Å². The van der Waals surface area contributed by atoms with Gasteiger partial charge in [-0.05, 0) is 25.2 Å². The molecule has 0 bridgehead atoms. The minimum absolute atomic E-state index is 0.122. The Morgan fingerprint density at radius 3 is 2.17 bits per heavy atom. The second kappa shape index (κ2) is 2.46. The molecule has 0 spiro atoms. The first-order valence-corrected chi connectivity index (χ1v) is 4.98. The lowest BCUT2D eigenvalue weighted by atomic mass is 9.81. The summed E-state index contributed by atoms with van der Waals surface area (Å²) >= 11 is 0. The maximum atomic E-state index is 10.3. The third-order valence-corrected chi connectivity index (χ3v) is 4.09. The average Bonchev–Trinajstić information content (AvgIpc) is 2.52. The Morgan fingerprint density at radius 2 is 1.83 bits per heavy atom. The van der Waals surface area contributed by atoms with Crippen molar-refractivity contribution in [1.29, 1.82) is 0 Å². The van der Waals surface area contributed by atoms with Gasteiger partial charge in [0.25, 0.3) is 0 Å². The van der Waals surface area contributed by atoms with Crippen molar-refractivity contribution in [3.05, 3.63) is 0 Å². The van der Waals surface area contributed by atoms with Gasteiger partial charge < -0.3 is 10.2 Å². The predicted molar refractivity (Wildman–Crippen MR) is 46.7 cm³/mol. The van der Waals surface area contributed by atoms with Gasteiger partial charge in [-0.25, -0.2) is 0 Å². The van der Waals surface area contributed by atoms with E-state index in [4.69, 9.17) is 0 Å². The lowest BCUT2D eigenvalue weighted by Gasteiger charge is -2.32. The molecule has 0 heterocycles. The fourth-order valence-electron chi connectivity index (χ4n) is 2.96. The molecule has 0 aromatic heterocycles. The zero-order valence-corrected chi connectivity index (χ0v) is 7.71. The van der Waals surface area contributed by atoms with E-state index in [1.807, 2.05) is 0 Å². The highest BCUT2D eigenvalue weighted by Crippen LogP contribution is 2.63. The normalized spacial score (nSPS) is 44.8. The minimum Gasteiger partial charge on any atom is -0.396 e. The fourth-order valence-corrected chi connectivity index (χ4v) is 2.96. The van der Waals surface area contributed by atoms with Gasteiger partial charge in [-0.2, -0.15) is 0 Å². The van der Waals surface area contributed by atoms with Crippen LogP contribution in [0.4, 0.5) is 0 Å². The smallest absolute Gasteiger partial charge is 0.0728 e. The van der Waals surface area contributed by atoms with Crippen molar-refractivity contribution >= 4 is 0 Å². The molecule has 0 saturated heterocycles. The standard InChI is InChI=1S/C10H18O2/c1-8-6-9(8,7-11)10(12)4-2-3-5-10/h8,11-12H,2-7H2,1H3. The Balaban J connectivity index is 2.16. The van der Waals surface area contributed by atoms with Gasteiger partial charge in [-0.1, -0.05) is 19.8 Å². The van der Waals surface area contributed by atoms with Crippen LogP contribution in [0.5, 0.6) is 0 Å². The fraction of sp³-hybridized carbons (Fsp3) is 1.00. The van der Waals surface area contributed by atoms with Gasteiger partial charge in [0.2, 0.25) is 0 Å². The molecule has 0 aliphatic heterocycles. The van der Waals surface area contributed by atoms with Crippen LogP contribution >= 0.6 is 0 Å². The number of hydrogen-bond donors (Lipinski definition) is 2. The Hall–Kier alpha value is -0.0800. The molecule has 2 rings (SSSR count). The van der Waals surface area contributed by atoms with Crippen molar-refractivity contribution in [1.82, 2.24) is 0 Å². The Labute approximate surface area is 73.6 Å². The molecular weight excluding hydrogens is 152 g/mol. The van der Waals surface area contributed by atoms with Crippen LogP contribution in [0.3, 0.4) is 0 Å². The maximum absolute atomic E-state index is 10.3. The third-order valence-electron chi connectivity index (χ3n) is 4.09. The van der Waals surface area contributed by atoms with Crippen LogP contribution in [0.1, 0.15) is 39.0 Å². The molecule has 2 aliphatic rings. The van der Waals surface area contributed by atoms with Gasteiger partial charge in [-0.3, -0.25) is 0 Å². The van der Waals surface area contributed by atoms with E-state index in [0.717, 1.165) is 32.1 Å². The van der Waals surface area contributed by atoms with Crippen LogP contribution in [-0.4, -0.2) is 22.4 Å². The van der Waals surface area contributed by atoms with Gasteiger partial charge in [-0.15, -0.1) is 0 Å². The van der Waals surface area contributed by atoms with Crippen molar-refractivity contribution in [3.8, 4) is 0 Å². The number of hydrogen-bond acceptors (Lipinski definition) is 2. The van der Waals surface area contributed by atoms with E-state index in [-0.39, 0.29) is 12.0 Å². The van der Waals surface area contributed by atoms with Gasteiger partial charge in [0.15, 0.2) is 0 Å². The zero-order chi connectivity index (χ0) is 8.82. The van der Waals surface area contributed by atoms with Crippen molar-refractivity contribution in [3.63, 3.8) is 0 Å². The summed E-state index contributed by atoms with van der Waals surface area (Å²) in [5, 5.41) is 19.6. The van der Waals surface area contributed by atoms with Crippen molar-refractivity contribution in [2.75, 3.05) is 6.61 Å². The molecule has 2 unspecified atom stereocenters. The molecule has 0 aromatic rings. The van der Waals surface area contributed by atoms with Crippen LogP contribution in [0.15, 0.2) is 0 Å². The lowest BCUT2D eigenvalue weighted by Crippen LogP contribution is -2.40. The number of rotatable bonds is 2. The van der Waals surface area contributed by atoms with E-state index in [2.05, 4.69) is 6.92 Å². The summed E-state index contributed by atoms with van der Waals surface area (Å²) in [5.74, 6) is 0.519. The Bertz CT molecular complexity index is 180. The van der Waals surface area contributed by atoms with E-state index in [1.54, 1.807) is 0 Å². The largest absolute Gasteiger partial charge is 0.396 e. The van der Waals surface area contributed by atoms with Crippen LogP contribution in [0.2, 0.25) is 0 Å². The van der Waals surface area contributed by atoms with Crippen LogP contribution < -0.4 is 0 Å². The molecule has 12 heavy (non-hydrogen) atoms. The Kier molecular flexibility index (Phi) is 1.74. The van der Waals surface area contributed by atoms with E-state index in [0.29, 0.717) is 5.92 Å². The molecule has 2 heteroatoms. The first-order chi connectivity index (χ1) is 5.65. The quantitative estimate of drug-likeness (QED) is 0.656. The molecule has 2 aliphatic carbocycles. The molecule has 0 aromatic carbocycles.